The highest BCUT2D eigenvalue weighted by atomic mass is 17.2. The van der Waals surface area contributed by atoms with Gasteiger partial charge < -0.3 is 29.5 Å². The van der Waals surface area contributed by atoms with Crippen molar-refractivity contribution in [3.8, 4) is 0 Å². The molecule has 5 saturated carbocycles. The Bertz CT molecular complexity index is 1090. The molecule has 0 aromatic heterocycles. The average molecular weight is 741 g/mol. The minimum atomic E-state index is -0.899. The summed E-state index contributed by atoms with van der Waals surface area (Å²) in [6.07, 6.45) is 16.3. The topological polar surface area (TPSA) is 180 Å². The molecule has 1 amide bonds. The van der Waals surface area contributed by atoms with Gasteiger partial charge in [-0.3, -0.25) is 19.6 Å². The first-order chi connectivity index (χ1) is 25.3. The van der Waals surface area contributed by atoms with E-state index in [2.05, 4.69) is 15.7 Å². The molecule has 0 aromatic rings. The fourth-order valence-electron chi connectivity index (χ4n) is 9.48. The van der Waals surface area contributed by atoms with Gasteiger partial charge in [0.15, 0.2) is 0 Å². The van der Waals surface area contributed by atoms with E-state index in [4.69, 9.17) is 34.1 Å². The van der Waals surface area contributed by atoms with E-state index in [0.717, 1.165) is 89.9 Å². The molecule has 0 aliphatic heterocycles. The van der Waals surface area contributed by atoms with Crippen molar-refractivity contribution >= 4 is 17.8 Å². The number of methoxy groups -OCH3 is 1. The number of carbonyl (C=O) groups is 3. The summed E-state index contributed by atoms with van der Waals surface area (Å²) in [5.74, 6) is -2.20. The first kappa shape index (κ1) is 41.3. The number of nitrogens with one attached hydrogen (secondary N) is 2. The van der Waals surface area contributed by atoms with E-state index in [9.17, 15) is 19.5 Å². The van der Waals surface area contributed by atoms with Crippen molar-refractivity contribution in [1.29, 1.82) is 0 Å². The Hall–Kier alpha value is -1.91. The van der Waals surface area contributed by atoms with Crippen molar-refractivity contribution in [2.75, 3.05) is 34.0 Å². The van der Waals surface area contributed by atoms with E-state index in [0.29, 0.717) is 38.9 Å². The number of hydroxylamine groups is 1. The zero-order valence-corrected chi connectivity index (χ0v) is 31.3. The third-order valence-electron chi connectivity index (χ3n) is 12.6. The lowest BCUT2D eigenvalue weighted by atomic mass is 9.73. The van der Waals surface area contributed by atoms with Crippen LogP contribution < -0.4 is 10.8 Å². The molecule has 298 valence electrons. The molecule has 0 bridgehead atoms. The smallest absolute Gasteiger partial charge is 0.308 e. The van der Waals surface area contributed by atoms with Crippen LogP contribution in [0.3, 0.4) is 0 Å². The van der Waals surface area contributed by atoms with Gasteiger partial charge >= 0.3 is 11.9 Å². The number of hydrogen-bond donors (Lipinski definition) is 4. The van der Waals surface area contributed by atoms with E-state index in [1.54, 1.807) is 0 Å². The van der Waals surface area contributed by atoms with Gasteiger partial charge in [-0.25, -0.2) is 14.7 Å². The fraction of sp³-hybridized carbons (Fsp3) is 0.921. The number of carbonyl (C=O) groups excluding carboxylic acids is 2. The van der Waals surface area contributed by atoms with Crippen molar-refractivity contribution in [3.05, 3.63) is 0 Å². The molecule has 14 nitrogen and oxygen atoms in total. The van der Waals surface area contributed by atoms with E-state index in [-0.39, 0.29) is 78.7 Å². The third-order valence-corrected chi connectivity index (χ3v) is 12.6. The van der Waals surface area contributed by atoms with Gasteiger partial charge in [-0.2, -0.15) is 5.48 Å². The zero-order valence-electron chi connectivity index (χ0n) is 31.3. The molecule has 0 aromatic carbocycles. The number of ether oxygens (including phenoxy) is 3. The average Bonchev–Trinajstić information content (AvgIpc) is 3.16. The first-order valence-corrected chi connectivity index (χ1v) is 20.0. The number of hydrogen-bond acceptors (Lipinski definition) is 12. The highest BCUT2D eigenvalue weighted by molar-refractivity contribution is 5.85. The number of carboxylic acid groups (broad SMARTS) is 1. The molecule has 5 aliphatic rings. The van der Waals surface area contributed by atoms with Crippen LogP contribution in [0.25, 0.3) is 0 Å². The van der Waals surface area contributed by atoms with Gasteiger partial charge in [0.05, 0.1) is 76.2 Å². The van der Waals surface area contributed by atoms with Crippen LogP contribution in [0.5, 0.6) is 0 Å². The molecule has 0 heterocycles. The van der Waals surface area contributed by atoms with Crippen LogP contribution in [-0.4, -0.2) is 98.7 Å². The number of esters is 1. The summed E-state index contributed by atoms with van der Waals surface area (Å²) in [5, 5.41) is 21.9. The maximum atomic E-state index is 13.2. The van der Waals surface area contributed by atoms with E-state index in [1.165, 1.54) is 14.2 Å². The monoisotopic (exact) mass is 740 g/mol. The van der Waals surface area contributed by atoms with Crippen LogP contribution in [0.15, 0.2) is 0 Å². The summed E-state index contributed by atoms with van der Waals surface area (Å²) in [4.78, 5) is 57.4. The highest BCUT2D eigenvalue weighted by Crippen LogP contribution is 2.37. The minimum Gasteiger partial charge on any atom is -0.481 e. The maximum absolute atomic E-state index is 13.2. The minimum absolute atomic E-state index is 0.0513. The molecule has 5 aliphatic carbocycles. The van der Waals surface area contributed by atoms with Crippen LogP contribution in [0.2, 0.25) is 0 Å². The molecule has 0 spiro atoms. The summed E-state index contributed by atoms with van der Waals surface area (Å²) in [6.45, 7) is 1.07. The van der Waals surface area contributed by atoms with Crippen LogP contribution >= 0.6 is 0 Å². The molecule has 5 fully saturated rings. The second-order valence-electron chi connectivity index (χ2n) is 16.1. The number of rotatable bonds is 17. The highest BCUT2D eigenvalue weighted by Gasteiger charge is 2.41. The van der Waals surface area contributed by atoms with Crippen LogP contribution in [-0.2, 0) is 48.1 Å². The lowest BCUT2D eigenvalue weighted by Gasteiger charge is -2.37. The summed E-state index contributed by atoms with van der Waals surface area (Å²) >= 11 is 0. The Morgan fingerprint density at radius 3 is 1.79 bits per heavy atom. The van der Waals surface area contributed by atoms with Crippen LogP contribution in [0.4, 0.5) is 0 Å². The summed E-state index contributed by atoms with van der Waals surface area (Å²) in [6, 6.07) is 0.317. The van der Waals surface area contributed by atoms with Gasteiger partial charge in [0.2, 0.25) is 5.91 Å². The van der Waals surface area contributed by atoms with Crippen LogP contribution in [0.1, 0.15) is 116 Å². The second kappa shape index (κ2) is 21.3. The number of amides is 1. The van der Waals surface area contributed by atoms with Gasteiger partial charge in [-0.05, 0) is 133 Å². The zero-order chi connectivity index (χ0) is 36.9. The molecule has 6 unspecified atom stereocenters. The molecular weight excluding hydrogens is 676 g/mol. The van der Waals surface area contributed by atoms with Gasteiger partial charge in [-0.1, -0.05) is 0 Å². The van der Waals surface area contributed by atoms with E-state index in [1.807, 2.05) is 0 Å². The number of carboxylic acids is 1. The summed E-state index contributed by atoms with van der Waals surface area (Å²) in [7, 11) is 2.88. The molecule has 52 heavy (non-hydrogen) atoms. The largest absolute Gasteiger partial charge is 0.481 e. The van der Waals surface area contributed by atoms with E-state index >= 15 is 0 Å². The molecule has 4 N–H and O–H groups in total. The van der Waals surface area contributed by atoms with Gasteiger partial charge in [0.1, 0.15) is 0 Å². The molecule has 0 saturated heterocycles. The lowest BCUT2D eigenvalue weighted by molar-refractivity contribution is -0.281. The molecule has 14 heteroatoms. The predicted octanol–water partition coefficient (Wildman–Crippen LogP) is 4.98. The number of aliphatic carboxylic acids is 1. The van der Waals surface area contributed by atoms with E-state index < -0.39 is 17.8 Å². The normalized spacial score (nSPS) is 37.2. The SMILES string of the molecule is COOCC1CCC(C(=O)O)C(C(=O)NC2CCC(OC3CCC(OC4CCC(NOCC5CC(C(=O)OC)CCC5COO)CC4)CC3)CC2)C1. The Labute approximate surface area is 308 Å². The second-order valence-corrected chi connectivity index (χ2v) is 16.1. The van der Waals surface area contributed by atoms with Gasteiger partial charge in [0, 0.05) is 12.1 Å². The Morgan fingerprint density at radius 1 is 0.635 bits per heavy atom. The maximum Gasteiger partial charge on any atom is 0.308 e. The summed E-state index contributed by atoms with van der Waals surface area (Å²) < 4.78 is 18.1. The molecule has 5 rings (SSSR count). The molecule has 0 radical (unpaired) electrons. The quantitative estimate of drug-likeness (QED) is 0.0892. The van der Waals surface area contributed by atoms with Crippen molar-refractivity contribution in [2.45, 2.75) is 152 Å². The van der Waals surface area contributed by atoms with Gasteiger partial charge in [-0.15, -0.1) is 0 Å². The standard InChI is InChI=1S/C38H64N2O12/c1-46-38(44)25-4-5-26(23-49-45)27(20-25)22-48-40-29-8-12-31(13-9-29)52-33-16-14-32(15-17-33)51-30-10-6-28(7-11-30)39-36(41)35-19-24(21-50-47-2)3-18-34(35)37(42)43/h24-35,40,45H,3-23H2,1-2H3,(H,39,41)(H,42,43). The van der Waals surface area contributed by atoms with Crippen molar-refractivity contribution in [2.24, 2.45) is 35.5 Å². The Morgan fingerprint density at radius 2 is 1.23 bits per heavy atom. The molecule has 6 atom stereocenters. The van der Waals surface area contributed by atoms with Crippen LogP contribution in [0, 0.1) is 35.5 Å². The third kappa shape index (κ3) is 12.3. The van der Waals surface area contributed by atoms with Crippen molar-refractivity contribution in [3.63, 3.8) is 0 Å². The lowest BCUT2D eigenvalue weighted by Crippen LogP contribution is -2.47. The Kier molecular flexibility index (Phi) is 16.9. The summed E-state index contributed by atoms with van der Waals surface area (Å²) in [5.41, 5.74) is 3.26. The Balaban J connectivity index is 0.927. The fourth-order valence-corrected chi connectivity index (χ4v) is 9.48. The molecular formula is C38H64N2O12. The first-order valence-electron chi connectivity index (χ1n) is 20.0. The van der Waals surface area contributed by atoms with Crippen molar-refractivity contribution < 1.29 is 58.5 Å². The van der Waals surface area contributed by atoms with Gasteiger partial charge in [0.25, 0.3) is 0 Å². The predicted molar refractivity (Wildman–Crippen MR) is 187 cm³/mol. The van der Waals surface area contributed by atoms with Crippen molar-refractivity contribution in [1.82, 2.24) is 10.8 Å².